The molecule has 0 aliphatic carbocycles. The largest absolute Gasteiger partial charge is 0.459 e. The van der Waals surface area contributed by atoms with Gasteiger partial charge in [-0.05, 0) is 36.2 Å². The zero-order chi connectivity index (χ0) is 17.2. The third-order valence-electron chi connectivity index (χ3n) is 3.27. The van der Waals surface area contributed by atoms with Crippen LogP contribution in [-0.4, -0.2) is 38.5 Å². The van der Waals surface area contributed by atoms with Gasteiger partial charge in [-0.25, -0.2) is 0 Å². The van der Waals surface area contributed by atoms with Crippen molar-refractivity contribution in [1.82, 2.24) is 16.0 Å². The Kier molecular flexibility index (Phi) is 7.17. The summed E-state index contributed by atoms with van der Waals surface area (Å²) in [5.74, 6) is 0.758. The van der Waals surface area contributed by atoms with Crippen LogP contribution in [0.4, 0.5) is 0 Å². The Morgan fingerprint density at radius 3 is 2.62 bits per heavy atom. The fourth-order valence-electron chi connectivity index (χ4n) is 2.09. The molecule has 7 heteroatoms. The summed E-state index contributed by atoms with van der Waals surface area (Å²) in [6.45, 7) is 1.76. The van der Waals surface area contributed by atoms with E-state index in [1.54, 1.807) is 19.2 Å². The van der Waals surface area contributed by atoms with Crippen LogP contribution in [0.3, 0.4) is 0 Å². The Hall–Kier alpha value is -2.47. The summed E-state index contributed by atoms with van der Waals surface area (Å²) < 4.78 is 5.02. The van der Waals surface area contributed by atoms with Crippen molar-refractivity contribution in [1.29, 1.82) is 0 Å². The lowest BCUT2D eigenvalue weighted by molar-refractivity contribution is 0.0926. The average molecular weight is 349 g/mol. The van der Waals surface area contributed by atoms with E-state index in [4.69, 9.17) is 16.0 Å². The summed E-state index contributed by atoms with van der Waals surface area (Å²) in [6, 6.07) is 11.1. The highest BCUT2D eigenvalue weighted by molar-refractivity contribution is 6.30. The molecule has 0 saturated carbocycles. The highest BCUT2D eigenvalue weighted by Gasteiger charge is 2.06. The highest BCUT2D eigenvalue weighted by atomic mass is 35.5. The minimum absolute atomic E-state index is 0.231. The molecule has 0 fully saturated rings. The van der Waals surface area contributed by atoms with Gasteiger partial charge in [0.1, 0.15) is 0 Å². The van der Waals surface area contributed by atoms with Crippen molar-refractivity contribution in [3.63, 3.8) is 0 Å². The van der Waals surface area contributed by atoms with Gasteiger partial charge in [0, 0.05) is 31.7 Å². The van der Waals surface area contributed by atoms with Gasteiger partial charge in [0.25, 0.3) is 5.91 Å². The average Bonchev–Trinajstić information content (AvgIpc) is 3.11. The Bertz CT molecular complexity index is 671. The quantitative estimate of drug-likeness (QED) is 0.406. The first-order valence-electron chi connectivity index (χ1n) is 7.69. The number of aliphatic imine (C=N–C) groups is 1. The van der Waals surface area contributed by atoms with Crippen LogP contribution in [0.1, 0.15) is 16.1 Å². The van der Waals surface area contributed by atoms with Crippen LogP contribution in [0.5, 0.6) is 0 Å². The zero-order valence-electron chi connectivity index (χ0n) is 13.5. The molecule has 1 heterocycles. The summed E-state index contributed by atoms with van der Waals surface area (Å²) >= 11 is 5.96. The fraction of sp³-hybridized carbons (Fsp3) is 0.294. The molecule has 0 aliphatic heterocycles. The van der Waals surface area contributed by atoms with E-state index >= 15 is 0 Å². The van der Waals surface area contributed by atoms with Crippen LogP contribution >= 0.6 is 11.6 Å². The van der Waals surface area contributed by atoms with Gasteiger partial charge in [0.05, 0.1) is 6.26 Å². The predicted octanol–water partition coefficient (Wildman–Crippen LogP) is 2.07. The van der Waals surface area contributed by atoms with Crippen LogP contribution in [0.25, 0.3) is 0 Å². The summed E-state index contributed by atoms with van der Waals surface area (Å²) in [6.07, 6.45) is 2.31. The zero-order valence-corrected chi connectivity index (χ0v) is 14.3. The van der Waals surface area contributed by atoms with Crippen molar-refractivity contribution in [2.45, 2.75) is 6.42 Å². The van der Waals surface area contributed by atoms with Gasteiger partial charge < -0.3 is 20.4 Å². The second kappa shape index (κ2) is 9.62. The lowest BCUT2D eigenvalue weighted by Gasteiger charge is -2.12. The molecule has 1 aromatic carbocycles. The first kappa shape index (κ1) is 17.9. The van der Waals surface area contributed by atoms with E-state index in [1.807, 2.05) is 24.3 Å². The van der Waals surface area contributed by atoms with Crippen molar-refractivity contribution in [3.8, 4) is 0 Å². The van der Waals surface area contributed by atoms with E-state index < -0.39 is 0 Å². The number of nitrogens with one attached hydrogen (secondary N) is 3. The Morgan fingerprint density at radius 2 is 1.92 bits per heavy atom. The lowest BCUT2D eigenvalue weighted by Crippen LogP contribution is -2.42. The van der Waals surface area contributed by atoms with Crippen LogP contribution in [0.15, 0.2) is 52.1 Å². The SMILES string of the molecule is CN=C(NCCNC(=O)c1ccco1)NCCc1cccc(Cl)c1. The standard InChI is InChI=1S/C17H21ClN4O2/c1-19-17(21-8-7-13-4-2-5-14(18)12-13)22-10-9-20-16(23)15-6-3-11-24-15/h2-6,11-12H,7-10H2,1H3,(H,20,23)(H2,19,21,22). The number of carbonyl (C=O) groups is 1. The number of guanidine groups is 1. The second-order valence-electron chi connectivity index (χ2n) is 5.04. The molecule has 3 N–H and O–H groups in total. The predicted molar refractivity (Wildman–Crippen MR) is 95.6 cm³/mol. The molecular formula is C17H21ClN4O2. The maximum absolute atomic E-state index is 11.7. The number of rotatable bonds is 7. The van der Waals surface area contributed by atoms with Gasteiger partial charge >= 0.3 is 0 Å². The summed E-state index contributed by atoms with van der Waals surface area (Å²) in [4.78, 5) is 15.8. The molecule has 6 nitrogen and oxygen atoms in total. The number of hydrogen-bond acceptors (Lipinski definition) is 3. The summed E-state index contributed by atoms with van der Waals surface area (Å²) in [7, 11) is 1.70. The molecular weight excluding hydrogens is 328 g/mol. The van der Waals surface area contributed by atoms with Crippen LogP contribution in [0, 0.1) is 0 Å². The summed E-state index contributed by atoms with van der Waals surface area (Å²) in [5.41, 5.74) is 1.16. The summed E-state index contributed by atoms with van der Waals surface area (Å²) in [5, 5.41) is 9.85. The number of amides is 1. The molecule has 2 aromatic rings. The third kappa shape index (κ3) is 5.96. The van der Waals surface area contributed by atoms with Gasteiger partial charge in [-0.2, -0.15) is 0 Å². The molecule has 24 heavy (non-hydrogen) atoms. The van der Waals surface area contributed by atoms with Crippen LogP contribution < -0.4 is 16.0 Å². The van der Waals surface area contributed by atoms with E-state index in [0.717, 1.165) is 23.6 Å². The van der Waals surface area contributed by atoms with E-state index in [9.17, 15) is 4.79 Å². The van der Waals surface area contributed by atoms with Gasteiger partial charge in [-0.1, -0.05) is 23.7 Å². The first-order chi connectivity index (χ1) is 11.7. The fourth-order valence-corrected chi connectivity index (χ4v) is 2.30. The molecule has 0 radical (unpaired) electrons. The first-order valence-corrected chi connectivity index (χ1v) is 8.07. The maximum Gasteiger partial charge on any atom is 0.287 e. The molecule has 2 rings (SSSR count). The topological polar surface area (TPSA) is 78.7 Å². The van der Waals surface area contributed by atoms with Crippen molar-refractivity contribution in [2.75, 3.05) is 26.7 Å². The van der Waals surface area contributed by atoms with Crippen LogP contribution in [-0.2, 0) is 6.42 Å². The molecule has 0 unspecified atom stereocenters. The molecule has 128 valence electrons. The number of hydrogen-bond donors (Lipinski definition) is 3. The van der Waals surface area contributed by atoms with Gasteiger partial charge in [-0.15, -0.1) is 0 Å². The Labute approximate surface area is 146 Å². The van der Waals surface area contributed by atoms with E-state index in [0.29, 0.717) is 24.8 Å². The number of nitrogens with zero attached hydrogens (tertiary/aromatic N) is 1. The molecule has 1 amide bonds. The van der Waals surface area contributed by atoms with E-state index in [2.05, 4.69) is 20.9 Å². The van der Waals surface area contributed by atoms with E-state index in [1.165, 1.54) is 6.26 Å². The number of benzene rings is 1. The lowest BCUT2D eigenvalue weighted by atomic mass is 10.1. The van der Waals surface area contributed by atoms with Gasteiger partial charge in [0.15, 0.2) is 11.7 Å². The Balaban J connectivity index is 1.63. The van der Waals surface area contributed by atoms with Crippen molar-refractivity contribution in [2.24, 2.45) is 4.99 Å². The highest BCUT2D eigenvalue weighted by Crippen LogP contribution is 2.10. The van der Waals surface area contributed by atoms with Crippen molar-refractivity contribution in [3.05, 3.63) is 59.0 Å². The molecule has 0 bridgehead atoms. The minimum Gasteiger partial charge on any atom is -0.459 e. The Morgan fingerprint density at radius 1 is 1.12 bits per heavy atom. The smallest absolute Gasteiger partial charge is 0.287 e. The van der Waals surface area contributed by atoms with Crippen molar-refractivity contribution >= 4 is 23.5 Å². The molecule has 1 aromatic heterocycles. The molecule has 0 aliphatic rings. The number of halogens is 1. The van der Waals surface area contributed by atoms with Crippen molar-refractivity contribution < 1.29 is 9.21 Å². The minimum atomic E-state index is -0.231. The third-order valence-corrected chi connectivity index (χ3v) is 3.50. The van der Waals surface area contributed by atoms with Crippen LogP contribution in [0.2, 0.25) is 5.02 Å². The van der Waals surface area contributed by atoms with Gasteiger partial charge in [-0.3, -0.25) is 9.79 Å². The second-order valence-corrected chi connectivity index (χ2v) is 5.48. The number of carbonyl (C=O) groups excluding carboxylic acids is 1. The normalized spacial score (nSPS) is 11.2. The van der Waals surface area contributed by atoms with Gasteiger partial charge in [0.2, 0.25) is 0 Å². The number of furan rings is 1. The maximum atomic E-state index is 11.7. The van der Waals surface area contributed by atoms with E-state index in [-0.39, 0.29) is 5.91 Å². The molecule has 0 saturated heterocycles. The molecule has 0 atom stereocenters. The molecule has 0 spiro atoms. The monoisotopic (exact) mass is 348 g/mol.